The summed E-state index contributed by atoms with van der Waals surface area (Å²) in [5, 5.41) is 6.93. The molecule has 2 fully saturated rings. The fourth-order valence-electron chi connectivity index (χ4n) is 1.69. The maximum Gasteiger partial charge on any atom is 0.0782 e. The average Bonchev–Trinajstić information content (AvgIpc) is 1.85. The predicted molar refractivity (Wildman–Crippen MR) is 39.0 cm³/mol. The summed E-state index contributed by atoms with van der Waals surface area (Å²) in [4.78, 5) is 0. The summed E-state index contributed by atoms with van der Waals surface area (Å²) in [5.41, 5.74) is 0.289. The van der Waals surface area contributed by atoms with E-state index in [4.69, 9.17) is 4.74 Å². The quantitative estimate of drug-likeness (QED) is 0.471. The molecule has 0 bridgehead atoms. The Kier molecular flexibility index (Phi) is 1.44. The Labute approximate surface area is 61.1 Å². The van der Waals surface area contributed by atoms with Gasteiger partial charge in [0.05, 0.1) is 18.8 Å². The molecule has 10 heavy (non-hydrogen) atoms. The van der Waals surface area contributed by atoms with Crippen molar-refractivity contribution in [3.05, 3.63) is 0 Å². The van der Waals surface area contributed by atoms with Crippen molar-refractivity contribution >= 4 is 0 Å². The molecule has 0 amide bonds. The van der Waals surface area contributed by atoms with E-state index in [9.17, 15) is 0 Å². The van der Waals surface area contributed by atoms with E-state index < -0.39 is 0 Å². The SMILES string of the molecule is C[C@@H]1CNCC2(COC2)N1. The van der Waals surface area contributed by atoms with Crippen LogP contribution in [0.1, 0.15) is 6.92 Å². The molecule has 2 aliphatic heterocycles. The first kappa shape index (κ1) is 6.58. The molecule has 0 radical (unpaired) electrons. The molecule has 1 atom stereocenters. The highest BCUT2D eigenvalue weighted by atomic mass is 16.5. The van der Waals surface area contributed by atoms with E-state index in [0.29, 0.717) is 6.04 Å². The van der Waals surface area contributed by atoms with E-state index in [0.717, 1.165) is 26.3 Å². The van der Waals surface area contributed by atoms with Gasteiger partial charge < -0.3 is 15.4 Å². The van der Waals surface area contributed by atoms with E-state index in [1.807, 2.05) is 0 Å². The molecular formula is C7H14N2O. The lowest BCUT2D eigenvalue weighted by atomic mass is 9.94. The Hall–Kier alpha value is -0.120. The number of rotatable bonds is 0. The zero-order valence-electron chi connectivity index (χ0n) is 6.31. The van der Waals surface area contributed by atoms with Crippen LogP contribution >= 0.6 is 0 Å². The van der Waals surface area contributed by atoms with Crippen molar-refractivity contribution in [3.8, 4) is 0 Å². The predicted octanol–water partition coefficient (Wildman–Crippen LogP) is -0.663. The highest BCUT2D eigenvalue weighted by molar-refractivity contribution is 5.00. The molecule has 0 aromatic rings. The molecule has 2 heterocycles. The largest absolute Gasteiger partial charge is 0.377 e. The maximum absolute atomic E-state index is 5.16. The minimum Gasteiger partial charge on any atom is -0.377 e. The zero-order valence-corrected chi connectivity index (χ0v) is 6.31. The molecule has 2 saturated heterocycles. The monoisotopic (exact) mass is 142 g/mol. The van der Waals surface area contributed by atoms with Crippen LogP contribution in [0.4, 0.5) is 0 Å². The Morgan fingerprint density at radius 1 is 1.50 bits per heavy atom. The van der Waals surface area contributed by atoms with E-state index >= 15 is 0 Å². The summed E-state index contributed by atoms with van der Waals surface area (Å²) in [7, 11) is 0. The molecule has 2 aliphatic rings. The molecule has 0 saturated carbocycles. The zero-order chi connectivity index (χ0) is 7.03. The summed E-state index contributed by atoms with van der Waals surface area (Å²) in [6.07, 6.45) is 0. The van der Waals surface area contributed by atoms with Crippen molar-refractivity contribution in [2.45, 2.75) is 18.5 Å². The molecule has 1 spiro atoms. The Bertz CT molecular complexity index is 134. The first-order chi connectivity index (χ1) is 4.81. The Balaban J connectivity index is 1.96. The van der Waals surface area contributed by atoms with Crippen molar-refractivity contribution < 1.29 is 4.74 Å². The van der Waals surface area contributed by atoms with Crippen molar-refractivity contribution in [2.24, 2.45) is 0 Å². The average molecular weight is 142 g/mol. The van der Waals surface area contributed by atoms with Crippen LogP contribution in [0, 0.1) is 0 Å². The number of piperazine rings is 1. The summed E-state index contributed by atoms with van der Waals surface area (Å²) >= 11 is 0. The second kappa shape index (κ2) is 2.19. The highest BCUT2D eigenvalue weighted by Gasteiger charge is 2.41. The van der Waals surface area contributed by atoms with E-state index in [-0.39, 0.29) is 5.54 Å². The van der Waals surface area contributed by atoms with Gasteiger partial charge in [-0.15, -0.1) is 0 Å². The van der Waals surface area contributed by atoms with Gasteiger partial charge in [-0.3, -0.25) is 0 Å². The first-order valence-corrected chi connectivity index (χ1v) is 3.87. The molecule has 2 N–H and O–H groups in total. The number of ether oxygens (including phenoxy) is 1. The molecule has 3 nitrogen and oxygen atoms in total. The second-order valence-electron chi connectivity index (χ2n) is 3.45. The van der Waals surface area contributed by atoms with Gasteiger partial charge in [-0.05, 0) is 6.92 Å². The molecule has 2 rings (SSSR count). The minimum atomic E-state index is 0.289. The third kappa shape index (κ3) is 0.944. The van der Waals surface area contributed by atoms with E-state index in [2.05, 4.69) is 17.6 Å². The van der Waals surface area contributed by atoms with Crippen molar-refractivity contribution in [1.29, 1.82) is 0 Å². The number of hydrogen-bond acceptors (Lipinski definition) is 3. The Morgan fingerprint density at radius 3 is 2.70 bits per heavy atom. The van der Waals surface area contributed by atoms with Gasteiger partial charge in [-0.25, -0.2) is 0 Å². The normalized spacial score (nSPS) is 37.5. The van der Waals surface area contributed by atoms with Crippen LogP contribution in [0.25, 0.3) is 0 Å². The fraction of sp³-hybridized carbons (Fsp3) is 1.00. The minimum absolute atomic E-state index is 0.289. The van der Waals surface area contributed by atoms with Crippen molar-refractivity contribution in [3.63, 3.8) is 0 Å². The molecule has 0 aliphatic carbocycles. The lowest BCUT2D eigenvalue weighted by molar-refractivity contribution is -0.0851. The summed E-state index contributed by atoms with van der Waals surface area (Å²) in [6.45, 7) is 6.11. The third-order valence-corrected chi connectivity index (χ3v) is 2.22. The van der Waals surface area contributed by atoms with Crippen molar-refractivity contribution in [1.82, 2.24) is 10.6 Å². The van der Waals surface area contributed by atoms with E-state index in [1.165, 1.54) is 0 Å². The van der Waals surface area contributed by atoms with Crippen LogP contribution < -0.4 is 10.6 Å². The molecule has 3 heteroatoms. The number of nitrogens with one attached hydrogen (secondary N) is 2. The summed E-state index contributed by atoms with van der Waals surface area (Å²) in [5.74, 6) is 0. The van der Waals surface area contributed by atoms with Crippen LogP contribution in [-0.2, 0) is 4.74 Å². The molecule has 0 unspecified atom stereocenters. The highest BCUT2D eigenvalue weighted by Crippen LogP contribution is 2.18. The lowest BCUT2D eigenvalue weighted by Gasteiger charge is -2.47. The maximum atomic E-state index is 5.16. The lowest BCUT2D eigenvalue weighted by Crippen LogP contribution is -2.72. The van der Waals surface area contributed by atoms with Gasteiger partial charge in [0.25, 0.3) is 0 Å². The van der Waals surface area contributed by atoms with Gasteiger partial charge in [0, 0.05) is 19.1 Å². The van der Waals surface area contributed by atoms with Gasteiger partial charge in [0.2, 0.25) is 0 Å². The van der Waals surface area contributed by atoms with Gasteiger partial charge in [0.1, 0.15) is 0 Å². The van der Waals surface area contributed by atoms with Crippen LogP contribution in [0.5, 0.6) is 0 Å². The fourth-order valence-corrected chi connectivity index (χ4v) is 1.69. The molecule has 0 aromatic carbocycles. The van der Waals surface area contributed by atoms with Gasteiger partial charge in [0.15, 0.2) is 0 Å². The van der Waals surface area contributed by atoms with Crippen LogP contribution in [0.2, 0.25) is 0 Å². The van der Waals surface area contributed by atoms with Crippen molar-refractivity contribution in [2.75, 3.05) is 26.3 Å². The second-order valence-corrected chi connectivity index (χ2v) is 3.45. The summed E-state index contributed by atoms with van der Waals surface area (Å²) < 4.78 is 5.16. The molecule has 0 aromatic heterocycles. The van der Waals surface area contributed by atoms with Gasteiger partial charge in [-0.2, -0.15) is 0 Å². The third-order valence-electron chi connectivity index (χ3n) is 2.22. The smallest absolute Gasteiger partial charge is 0.0782 e. The summed E-state index contributed by atoms with van der Waals surface area (Å²) in [6, 6.07) is 0.595. The topological polar surface area (TPSA) is 33.3 Å². The standard InChI is InChI=1S/C7H14N2O/c1-6-2-8-3-7(9-6)4-10-5-7/h6,8-9H,2-5H2,1H3/t6-/m1/s1. The van der Waals surface area contributed by atoms with Gasteiger partial charge >= 0.3 is 0 Å². The molecule has 58 valence electrons. The van der Waals surface area contributed by atoms with E-state index in [1.54, 1.807) is 0 Å². The first-order valence-electron chi connectivity index (χ1n) is 3.87. The van der Waals surface area contributed by atoms with Crippen LogP contribution in [0.15, 0.2) is 0 Å². The van der Waals surface area contributed by atoms with Crippen LogP contribution in [-0.4, -0.2) is 37.9 Å². The number of hydrogen-bond donors (Lipinski definition) is 2. The van der Waals surface area contributed by atoms with Gasteiger partial charge in [-0.1, -0.05) is 0 Å². The van der Waals surface area contributed by atoms with Crippen LogP contribution in [0.3, 0.4) is 0 Å². The Morgan fingerprint density at radius 2 is 2.30 bits per heavy atom. The molecular weight excluding hydrogens is 128 g/mol.